The molecular formula is C21H14N2O. The van der Waals surface area contributed by atoms with Crippen LogP contribution in [0.4, 0.5) is 0 Å². The summed E-state index contributed by atoms with van der Waals surface area (Å²) in [6.45, 7) is 0. The van der Waals surface area contributed by atoms with Gasteiger partial charge in [-0.2, -0.15) is 0 Å². The van der Waals surface area contributed by atoms with Crippen molar-refractivity contribution in [3.8, 4) is 34.0 Å². The molecule has 0 saturated carbocycles. The van der Waals surface area contributed by atoms with Gasteiger partial charge in [0.1, 0.15) is 5.76 Å². The predicted molar refractivity (Wildman–Crippen MR) is 93.4 cm³/mol. The van der Waals surface area contributed by atoms with Crippen molar-refractivity contribution >= 4 is 0 Å². The number of pyridine rings is 2. The van der Waals surface area contributed by atoms with Crippen LogP contribution in [-0.4, -0.2) is 9.97 Å². The minimum Gasteiger partial charge on any atom is -0.464 e. The van der Waals surface area contributed by atoms with Gasteiger partial charge in [-0.1, -0.05) is 30.3 Å². The third-order valence-electron chi connectivity index (χ3n) is 4.48. The zero-order chi connectivity index (χ0) is 15.9. The highest BCUT2D eigenvalue weighted by Crippen LogP contribution is 2.42. The monoisotopic (exact) mass is 310 g/mol. The second kappa shape index (κ2) is 5.17. The lowest BCUT2D eigenvalue weighted by Crippen LogP contribution is -1.95. The average Bonchev–Trinajstić information content (AvgIpc) is 3.29. The minimum absolute atomic E-state index is 0.873. The van der Waals surface area contributed by atoms with E-state index < -0.39 is 0 Å². The molecule has 0 aliphatic heterocycles. The van der Waals surface area contributed by atoms with Crippen LogP contribution in [-0.2, 0) is 6.42 Å². The SMILES string of the molecule is c1ccc(-c2cc(-c3ccco3)c3c(n2)-c2ccccc2C3)nc1. The second-order valence-electron chi connectivity index (χ2n) is 5.91. The molecule has 5 rings (SSSR count). The summed E-state index contributed by atoms with van der Waals surface area (Å²) in [5.74, 6) is 0.874. The fourth-order valence-electron chi connectivity index (χ4n) is 3.37. The fourth-order valence-corrected chi connectivity index (χ4v) is 3.37. The van der Waals surface area contributed by atoms with Crippen molar-refractivity contribution in [2.45, 2.75) is 6.42 Å². The van der Waals surface area contributed by atoms with Gasteiger partial charge in [-0.25, -0.2) is 4.98 Å². The van der Waals surface area contributed by atoms with Gasteiger partial charge in [0.05, 0.1) is 23.3 Å². The lowest BCUT2D eigenvalue weighted by molar-refractivity contribution is 0.582. The maximum absolute atomic E-state index is 5.69. The molecule has 0 fully saturated rings. The van der Waals surface area contributed by atoms with Crippen molar-refractivity contribution in [2.24, 2.45) is 0 Å². The van der Waals surface area contributed by atoms with Crippen LogP contribution in [0.15, 0.2) is 77.5 Å². The molecule has 0 radical (unpaired) electrons. The number of nitrogens with zero attached hydrogens (tertiary/aromatic N) is 2. The second-order valence-corrected chi connectivity index (χ2v) is 5.91. The molecule has 4 aromatic rings. The highest BCUT2D eigenvalue weighted by atomic mass is 16.3. The molecule has 24 heavy (non-hydrogen) atoms. The summed E-state index contributed by atoms with van der Waals surface area (Å²) in [5, 5.41) is 0. The molecule has 0 bridgehead atoms. The smallest absolute Gasteiger partial charge is 0.134 e. The summed E-state index contributed by atoms with van der Waals surface area (Å²) in [6.07, 6.45) is 4.40. The van der Waals surface area contributed by atoms with Crippen molar-refractivity contribution in [3.63, 3.8) is 0 Å². The normalized spacial score (nSPS) is 12.0. The third kappa shape index (κ3) is 1.98. The van der Waals surface area contributed by atoms with E-state index in [1.54, 1.807) is 12.5 Å². The van der Waals surface area contributed by atoms with E-state index in [4.69, 9.17) is 9.40 Å². The highest BCUT2D eigenvalue weighted by Gasteiger charge is 2.25. The van der Waals surface area contributed by atoms with E-state index in [1.807, 2.05) is 30.3 Å². The van der Waals surface area contributed by atoms with Crippen LogP contribution in [0.2, 0.25) is 0 Å². The van der Waals surface area contributed by atoms with Crippen molar-refractivity contribution < 1.29 is 4.42 Å². The van der Waals surface area contributed by atoms with E-state index in [2.05, 4.69) is 35.3 Å². The Morgan fingerprint density at radius 3 is 2.58 bits per heavy atom. The Morgan fingerprint density at radius 1 is 0.833 bits per heavy atom. The Morgan fingerprint density at radius 2 is 1.75 bits per heavy atom. The number of rotatable bonds is 2. The Labute approximate surface area is 139 Å². The maximum atomic E-state index is 5.69. The topological polar surface area (TPSA) is 38.9 Å². The van der Waals surface area contributed by atoms with Crippen LogP contribution in [0, 0.1) is 0 Å². The van der Waals surface area contributed by atoms with Gasteiger partial charge >= 0.3 is 0 Å². The molecule has 0 saturated heterocycles. The van der Waals surface area contributed by atoms with Crippen LogP contribution in [0.25, 0.3) is 34.0 Å². The van der Waals surface area contributed by atoms with Crippen LogP contribution in [0.5, 0.6) is 0 Å². The van der Waals surface area contributed by atoms with Crippen molar-refractivity contribution in [2.75, 3.05) is 0 Å². The van der Waals surface area contributed by atoms with Gasteiger partial charge in [0.2, 0.25) is 0 Å². The molecule has 0 unspecified atom stereocenters. The number of aromatic nitrogens is 2. The van der Waals surface area contributed by atoms with Crippen molar-refractivity contribution in [1.82, 2.24) is 9.97 Å². The van der Waals surface area contributed by atoms with Gasteiger partial charge in [-0.05, 0) is 41.5 Å². The van der Waals surface area contributed by atoms with E-state index in [-0.39, 0.29) is 0 Å². The first-order valence-electron chi connectivity index (χ1n) is 7.97. The first-order chi connectivity index (χ1) is 11.9. The summed E-state index contributed by atoms with van der Waals surface area (Å²) < 4.78 is 5.69. The zero-order valence-corrected chi connectivity index (χ0v) is 12.9. The molecule has 0 amide bonds. The fraction of sp³-hybridized carbons (Fsp3) is 0.0476. The Hall–Kier alpha value is -3.20. The van der Waals surface area contributed by atoms with E-state index in [9.17, 15) is 0 Å². The van der Waals surface area contributed by atoms with E-state index >= 15 is 0 Å². The summed E-state index contributed by atoms with van der Waals surface area (Å²) >= 11 is 0. The van der Waals surface area contributed by atoms with Gasteiger partial charge in [-0.15, -0.1) is 0 Å². The summed E-state index contributed by atoms with van der Waals surface area (Å²) in [5.41, 5.74) is 7.63. The van der Waals surface area contributed by atoms with Crippen molar-refractivity contribution in [1.29, 1.82) is 0 Å². The molecule has 3 heterocycles. The number of hydrogen-bond acceptors (Lipinski definition) is 3. The molecule has 0 atom stereocenters. The number of hydrogen-bond donors (Lipinski definition) is 0. The van der Waals surface area contributed by atoms with Crippen LogP contribution in [0.3, 0.4) is 0 Å². The Kier molecular flexibility index (Phi) is 2.85. The lowest BCUT2D eigenvalue weighted by atomic mass is 10.0. The largest absolute Gasteiger partial charge is 0.464 e. The van der Waals surface area contributed by atoms with Gasteiger partial charge in [0, 0.05) is 23.7 Å². The molecule has 0 N–H and O–H groups in total. The van der Waals surface area contributed by atoms with Gasteiger partial charge in [-0.3, -0.25) is 4.98 Å². The van der Waals surface area contributed by atoms with Gasteiger partial charge < -0.3 is 4.42 Å². The minimum atomic E-state index is 0.873. The van der Waals surface area contributed by atoms with Crippen LogP contribution < -0.4 is 0 Å². The van der Waals surface area contributed by atoms with Gasteiger partial charge in [0.25, 0.3) is 0 Å². The molecule has 3 heteroatoms. The van der Waals surface area contributed by atoms with Crippen molar-refractivity contribution in [3.05, 3.63) is 84.3 Å². The first-order valence-corrected chi connectivity index (χ1v) is 7.97. The van der Waals surface area contributed by atoms with Crippen LogP contribution in [0.1, 0.15) is 11.1 Å². The lowest BCUT2D eigenvalue weighted by Gasteiger charge is -2.09. The highest BCUT2D eigenvalue weighted by molar-refractivity contribution is 5.83. The predicted octanol–water partition coefficient (Wildman–Crippen LogP) is 4.97. The number of benzene rings is 1. The maximum Gasteiger partial charge on any atom is 0.134 e. The summed E-state index contributed by atoms with van der Waals surface area (Å²) in [4.78, 5) is 9.39. The number of furan rings is 1. The molecule has 114 valence electrons. The first kappa shape index (κ1) is 13.3. The quantitative estimate of drug-likeness (QED) is 0.462. The Bertz CT molecular complexity index is 1020. The summed E-state index contributed by atoms with van der Waals surface area (Å²) in [7, 11) is 0. The molecule has 0 spiro atoms. The molecule has 1 aromatic carbocycles. The Balaban J connectivity index is 1.80. The van der Waals surface area contributed by atoms with Gasteiger partial charge in [0.15, 0.2) is 0 Å². The third-order valence-corrected chi connectivity index (χ3v) is 4.48. The molecule has 1 aliphatic rings. The standard InChI is InChI=1S/C21H14N2O/c1-2-7-15-14(6-1)12-17-16(20-9-5-11-24-20)13-19(23-21(15)17)18-8-3-4-10-22-18/h1-11,13H,12H2. The number of fused-ring (bicyclic) bond motifs is 3. The van der Waals surface area contributed by atoms with E-state index in [0.717, 1.165) is 34.8 Å². The van der Waals surface area contributed by atoms with E-state index in [1.165, 1.54) is 16.7 Å². The zero-order valence-electron chi connectivity index (χ0n) is 12.9. The van der Waals surface area contributed by atoms with Crippen LogP contribution >= 0.6 is 0 Å². The molecule has 1 aliphatic carbocycles. The van der Waals surface area contributed by atoms with E-state index in [0.29, 0.717) is 0 Å². The molecule has 3 aromatic heterocycles. The molecular weight excluding hydrogens is 296 g/mol. The average molecular weight is 310 g/mol. The molecule has 3 nitrogen and oxygen atoms in total. The summed E-state index contributed by atoms with van der Waals surface area (Å²) in [6, 6.07) is 20.4.